The summed E-state index contributed by atoms with van der Waals surface area (Å²) in [6.07, 6.45) is 1.87. The summed E-state index contributed by atoms with van der Waals surface area (Å²) in [5, 5.41) is 0. The van der Waals surface area contributed by atoms with Crippen molar-refractivity contribution in [3.63, 3.8) is 0 Å². The van der Waals surface area contributed by atoms with E-state index in [1.54, 1.807) is 0 Å². The highest BCUT2D eigenvalue weighted by molar-refractivity contribution is 7.20. The van der Waals surface area contributed by atoms with Crippen LogP contribution in [0.3, 0.4) is 0 Å². The van der Waals surface area contributed by atoms with E-state index < -0.39 is 0 Å². The van der Waals surface area contributed by atoms with E-state index in [4.69, 9.17) is 28.9 Å². The van der Waals surface area contributed by atoms with E-state index in [0.717, 1.165) is 27.1 Å². The summed E-state index contributed by atoms with van der Waals surface area (Å²) in [7, 11) is 0. The summed E-state index contributed by atoms with van der Waals surface area (Å²) >= 11 is 13.1. The minimum atomic E-state index is 0.222. The quantitative estimate of drug-likeness (QED) is 0.837. The Bertz CT molecular complexity index is 258. The molecule has 0 spiro atoms. The van der Waals surface area contributed by atoms with E-state index >= 15 is 0 Å². The molecule has 0 aromatic carbocycles. The fourth-order valence-electron chi connectivity index (χ4n) is 0.928. The largest absolute Gasteiger partial charge is 0.328 e. The molecule has 0 aliphatic rings. The number of rotatable bonds is 3. The van der Waals surface area contributed by atoms with Gasteiger partial charge in [-0.1, -0.05) is 23.2 Å². The van der Waals surface area contributed by atoms with Gasteiger partial charge in [0.1, 0.15) is 0 Å². The molecule has 2 N–H and O–H groups in total. The average molecular weight is 224 g/mol. The Kier molecular flexibility index (Phi) is 3.84. The molecule has 0 aliphatic heterocycles. The average Bonchev–Trinajstić information content (AvgIpc) is 2.26. The van der Waals surface area contributed by atoms with Gasteiger partial charge in [-0.2, -0.15) is 0 Å². The molecular formula is C8H11Cl2NS. The van der Waals surface area contributed by atoms with Crippen molar-refractivity contribution in [2.45, 2.75) is 25.8 Å². The summed E-state index contributed by atoms with van der Waals surface area (Å²) in [6.45, 7) is 1.99. The van der Waals surface area contributed by atoms with E-state index in [1.165, 1.54) is 11.3 Å². The van der Waals surface area contributed by atoms with E-state index in [2.05, 4.69) is 0 Å². The first-order valence-electron chi connectivity index (χ1n) is 3.79. The summed E-state index contributed by atoms with van der Waals surface area (Å²) < 4.78 is 1.54. The summed E-state index contributed by atoms with van der Waals surface area (Å²) in [4.78, 5) is 0. The van der Waals surface area contributed by atoms with Gasteiger partial charge in [0, 0.05) is 6.04 Å². The van der Waals surface area contributed by atoms with Crippen molar-refractivity contribution in [1.29, 1.82) is 0 Å². The molecule has 0 amide bonds. The van der Waals surface area contributed by atoms with Gasteiger partial charge in [-0.3, -0.25) is 0 Å². The molecule has 1 atom stereocenters. The lowest BCUT2D eigenvalue weighted by Gasteiger charge is -2.02. The van der Waals surface area contributed by atoms with Gasteiger partial charge in [-0.05, 0) is 31.4 Å². The highest BCUT2D eigenvalue weighted by Crippen LogP contribution is 2.31. The predicted molar refractivity (Wildman–Crippen MR) is 56.3 cm³/mol. The number of aryl methyl sites for hydroxylation is 1. The maximum absolute atomic E-state index is 5.92. The number of hydrogen-bond acceptors (Lipinski definition) is 2. The zero-order valence-corrected chi connectivity index (χ0v) is 9.14. The van der Waals surface area contributed by atoms with Crippen LogP contribution in [0, 0.1) is 0 Å². The summed E-state index contributed by atoms with van der Waals surface area (Å²) in [6, 6.07) is 2.14. The van der Waals surface area contributed by atoms with Crippen molar-refractivity contribution in [2.24, 2.45) is 5.73 Å². The highest BCUT2D eigenvalue weighted by Gasteiger charge is 2.06. The van der Waals surface area contributed by atoms with Gasteiger partial charge in [0.05, 0.1) is 8.67 Å². The van der Waals surface area contributed by atoms with Crippen LogP contribution >= 0.6 is 34.5 Å². The normalized spacial score (nSPS) is 13.3. The third-order valence-electron chi connectivity index (χ3n) is 1.60. The molecule has 1 rings (SSSR count). The first-order chi connectivity index (χ1) is 5.59. The highest BCUT2D eigenvalue weighted by atomic mass is 35.5. The molecule has 0 saturated heterocycles. The summed E-state index contributed by atoms with van der Waals surface area (Å²) in [5.41, 5.74) is 6.74. The maximum atomic E-state index is 5.92. The molecule has 68 valence electrons. The second kappa shape index (κ2) is 4.47. The van der Waals surface area contributed by atoms with Crippen LogP contribution in [0.2, 0.25) is 8.67 Å². The molecule has 0 radical (unpaired) electrons. The first kappa shape index (κ1) is 10.3. The van der Waals surface area contributed by atoms with Crippen LogP contribution < -0.4 is 5.73 Å². The Morgan fingerprint density at radius 3 is 2.67 bits per heavy atom. The van der Waals surface area contributed by atoms with E-state index in [9.17, 15) is 0 Å². The number of hydrogen-bond donors (Lipinski definition) is 1. The Morgan fingerprint density at radius 1 is 1.58 bits per heavy atom. The maximum Gasteiger partial charge on any atom is 0.0976 e. The molecule has 1 aromatic rings. The van der Waals surface area contributed by atoms with Crippen molar-refractivity contribution in [3.05, 3.63) is 20.3 Å². The molecule has 1 heterocycles. The van der Waals surface area contributed by atoms with Gasteiger partial charge in [0.25, 0.3) is 0 Å². The molecule has 1 nitrogen and oxygen atoms in total. The molecule has 4 heteroatoms. The minimum Gasteiger partial charge on any atom is -0.328 e. The van der Waals surface area contributed by atoms with Gasteiger partial charge in [-0.25, -0.2) is 0 Å². The molecule has 1 aromatic heterocycles. The lowest BCUT2D eigenvalue weighted by molar-refractivity contribution is 0.667. The SMILES string of the molecule is CC(N)CCc1cc(Cl)sc1Cl. The van der Waals surface area contributed by atoms with Crippen LogP contribution in [-0.2, 0) is 6.42 Å². The van der Waals surface area contributed by atoms with Gasteiger partial charge in [-0.15, -0.1) is 11.3 Å². The Labute approximate surface area is 86.5 Å². The second-order valence-electron chi connectivity index (χ2n) is 2.87. The second-order valence-corrected chi connectivity index (χ2v) is 5.15. The fraction of sp³-hybridized carbons (Fsp3) is 0.500. The van der Waals surface area contributed by atoms with Crippen LogP contribution in [0.1, 0.15) is 18.9 Å². The lowest BCUT2D eigenvalue weighted by atomic mass is 10.1. The Balaban J connectivity index is 2.57. The summed E-state index contributed by atoms with van der Waals surface area (Å²) in [5.74, 6) is 0. The van der Waals surface area contributed by atoms with Crippen molar-refractivity contribution >= 4 is 34.5 Å². The monoisotopic (exact) mass is 223 g/mol. The van der Waals surface area contributed by atoms with Crippen molar-refractivity contribution in [1.82, 2.24) is 0 Å². The zero-order chi connectivity index (χ0) is 9.14. The Morgan fingerprint density at radius 2 is 2.25 bits per heavy atom. The standard InChI is InChI=1S/C8H11Cl2NS/c1-5(11)2-3-6-4-7(9)12-8(6)10/h4-5H,2-3,11H2,1H3. The first-order valence-corrected chi connectivity index (χ1v) is 5.36. The van der Waals surface area contributed by atoms with Gasteiger partial charge in [0.2, 0.25) is 0 Å². The Hall–Kier alpha value is 0.240. The van der Waals surface area contributed by atoms with Gasteiger partial charge in [0.15, 0.2) is 0 Å². The van der Waals surface area contributed by atoms with Crippen molar-refractivity contribution < 1.29 is 0 Å². The lowest BCUT2D eigenvalue weighted by Crippen LogP contribution is -2.15. The molecular weight excluding hydrogens is 213 g/mol. The predicted octanol–water partition coefficient (Wildman–Crippen LogP) is 3.33. The fourth-order valence-corrected chi connectivity index (χ4v) is 2.47. The smallest absolute Gasteiger partial charge is 0.0976 e. The minimum absolute atomic E-state index is 0.222. The van der Waals surface area contributed by atoms with E-state index in [0.29, 0.717) is 0 Å². The zero-order valence-electron chi connectivity index (χ0n) is 6.81. The molecule has 0 bridgehead atoms. The van der Waals surface area contributed by atoms with Crippen molar-refractivity contribution in [3.8, 4) is 0 Å². The number of halogens is 2. The van der Waals surface area contributed by atoms with Crippen LogP contribution in [0.5, 0.6) is 0 Å². The van der Waals surface area contributed by atoms with Gasteiger partial charge < -0.3 is 5.73 Å². The molecule has 0 fully saturated rings. The third-order valence-corrected chi connectivity index (χ3v) is 3.17. The topological polar surface area (TPSA) is 26.0 Å². The van der Waals surface area contributed by atoms with E-state index in [1.807, 2.05) is 13.0 Å². The molecule has 12 heavy (non-hydrogen) atoms. The van der Waals surface area contributed by atoms with Crippen LogP contribution in [0.15, 0.2) is 6.07 Å². The molecule has 0 saturated carbocycles. The molecule has 1 unspecified atom stereocenters. The van der Waals surface area contributed by atoms with Crippen LogP contribution in [0.4, 0.5) is 0 Å². The van der Waals surface area contributed by atoms with Gasteiger partial charge >= 0.3 is 0 Å². The van der Waals surface area contributed by atoms with Crippen molar-refractivity contribution in [2.75, 3.05) is 0 Å². The van der Waals surface area contributed by atoms with E-state index in [-0.39, 0.29) is 6.04 Å². The van der Waals surface area contributed by atoms with Crippen LogP contribution in [0.25, 0.3) is 0 Å². The van der Waals surface area contributed by atoms with Crippen LogP contribution in [-0.4, -0.2) is 6.04 Å². The molecule has 0 aliphatic carbocycles. The number of nitrogens with two attached hydrogens (primary N) is 1. The third kappa shape index (κ3) is 2.94. The number of thiophene rings is 1.